The van der Waals surface area contributed by atoms with Crippen LogP contribution in [0.15, 0.2) is 30.3 Å². The highest BCUT2D eigenvalue weighted by atomic mass is 16.2. The number of imide groups is 1. The van der Waals surface area contributed by atoms with Crippen molar-refractivity contribution in [2.24, 2.45) is 11.5 Å². The molecule has 0 fully saturated rings. The van der Waals surface area contributed by atoms with Crippen LogP contribution in [0.3, 0.4) is 0 Å². The molecule has 3 amide bonds. The van der Waals surface area contributed by atoms with Gasteiger partial charge in [0.25, 0.3) is 0 Å². The van der Waals surface area contributed by atoms with E-state index in [1.165, 1.54) is 0 Å². The highest BCUT2D eigenvalue weighted by Crippen LogP contribution is 2.08. The van der Waals surface area contributed by atoms with Crippen molar-refractivity contribution in [3.63, 3.8) is 0 Å². The van der Waals surface area contributed by atoms with Crippen LogP contribution in [-0.4, -0.2) is 36.0 Å². The van der Waals surface area contributed by atoms with Gasteiger partial charge < -0.3 is 11.5 Å². The van der Waals surface area contributed by atoms with Gasteiger partial charge in [0.2, 0.25) is 5.91 Å². The topological polar surface area (TPSA) is 101 Å². The molecule has 0 saturated carbocycles. The second-order valence-electron chi connectivity index (χ2n) is 4.27. The zero-order valence-electron chi connectivity index (χ0n) is 11.0. The van der Waals surface area contributed by atoms with E-state index in [2.05, 4.69) is 5.32 Å². The molecule has 6 heteroatoms. The number of primary amides is 1. The van der Waals surface area contributed by atoms with Crippen molar-refractivity contribution >= 4 is 11.9 Å². The SMILES string of the molecule is CC(C(=O)NC(N)=O)N(CCN)Cc1ccccc1. The quantitative estimate of drug-likeness (QED) is 0.674. The average Bonchev–Trinajstić information content (AvgIpc) is 2.38. The van der Waals surface area contributed by atoms with E-state index in [9.17, 15) is 9.59 Å². The third-order valence-electron chi connectivity index (χ3n) is 2.82. The van der Waals surface area contributed by atoms with Gasteiger partial charge in [-0.2, -0.15) is 0 Å². The molecular formula is C13H20N4O2. The van der Waals surface area contributed by atoms with E-state index in [4.69, 9.17) is 11.5 Å². The fourth-order valence-corrected chi connectivity index (χ4v) is 1.79. The predicted molar refractivity (Wildman–Crippen MR) is 73.1 cm³/mol. The number of nitrogens with one attached hydrogen (secondary N) is 1. The van der Waals surface area contributed by atoms with Gasteiger partial charge in [0.15, 0.2) is 0 Å². The first-order valence-electron chi connectivity index (χ1n) is 6.13. The zero-order valence-corrected chi connectivity index (χ0v) is 11.0. The molecule has 0 aliphatic rings. The Kier molecular flexibility index (Phi) is 5.98. The van der Waals surface area contributed by atoms with Gasteiger partial charge in [-0.05, 0) is 12.5 Å². The summed E-state index contributed by atoms with van der Waals surface area (Å²) in [4.78, 5) is 24.4. The van der Waals surface area contributed by atoms with E-state index in [1.54, 1.807) is 6.92 Å². The first-order chi connectivity index (χ1) is 9.04. The molecule has 0 aliphatic heterocycles. The van der Waals surface area contributed by atoms with Gasteiger partial charge in [-0.15, -0.1) is 0 Å². The first-order valence-corrected chi connectivity index (χ1v) is 6.13. The molecule has 6 nitrogen and oxygen atoms in total. The Morgan fingerprint density at radius 2 is 1.95 bits per heavy atom. The molecule has 0 radical (unpaired) electrons. The number of rotatable bonds is 6. The number of urea groups is 1. The molecule has 1 rings (SSSR count). The third kappa shape index (κ3) is 5.07. The van der Waals surface area contributed by atoms with Gasteiger partial charge in [-0.3, -0.25) is 15.0 Å². The summed E-state index contributed by atoms with van der Waals surface area (Å²) in [5.74, 6) is -0.420. The van der Waals surface area contributed by atoms with Gasteiger partial charge in [0, 0.05) is 19.6 Å². The molecule has 1 unspecified atom stereocenters. The minimum Gasteiger partial charge on any atom is -0.351 e. The van der Waals surface area contributed by atoms with E-state index in [0.717, 1.165) is 5.56 Å². The number of amides is 3. The number of nitrogens with two attached hydrogens (primary N) is 2. The molecule has 0 spiro atoms. The zero-order chi connectivity index (χ0) is 14.3. The minimum absolute atomic E-state index is 0.420. The molecule has 0 heterocycles. The lowest BCUT2D eigenvalue weighted by atomic mass is 10.1. The van der Waals surface area contributed by atoms with Crippen LogP contribution in [-0.2, 0) is 11.3 Å². The fraction of sp³-hybridized carbons (Fsp3) is 0.385. The lowest BCUT2D eigenvalue weighted by molar-refractivity contribution is -0.124. The van der Waals surface area contributed by atoms with Crippen molar-refractivity contribution in [3.05, 3.63) is 35.9 Å². The maximum absolute atomic E-state index is 11.8. The Bertz CT molecular complexity index is 422. The second kappa shape index (κ2) is 7.50. The standard InChI is InChI=1S/C13H20N4O2/c1-10(12(18)16-13(15)19)17(8-7-14)9-11-5-3-2-4-6-11/h2-6,10H,7-9,14H2,1H3,(H3,15,16,18,19). The predicted octanol–water partition coefficient (Wildman–Crippen LogP) is 0.0307. The number of nitrogens with zero attached hydrogens (tertiary/aromatic N) is 1. The Balaban J connectivity index is 2.71. The van der Waals surface area contributed by atoms with Gasteiger partial charge in [0.05, 0.1) is 6.04 Å². The van der Waals surface area contributed by atoms with Crippen LogP contribution in [0.2, 0.25) is 0 Å². The Morgan fingerprint density at radius 3 is 2.47 bits per heavy atom. The van der Waals surface area contributed by atoms with E-state index >= 15 is 0 Å². The van der Waals surface area contributed by atoms with E-state index < -0.39 is 18.0 Å². The normalized spacial score (nSPS) is 12.2. The summed E-state index contributed by atoms with van der Waals surface area (Å²) in [5, 5.41) is 2.08. The minimum atomic E-state index is -0.843. The Morgan fingerprint density at radius 1 is 1.32 bits per heavy atom. The number of hydrogen-bond donors (Lipinski definition) is 3. The lowest BCUT2D eigenvalue weighted by Gasteiger charge is -2.27. The summed E-state index contributed by atoms with van der Waals surface area (Å²) in [6, 6.07) is 8.43. The lowest BCUT2D eigenvalue weighted by Crippen LogP contribution is -2.49. The molecule has 1 atom stereocenters. The van der Waals surface area contributed by atoms with Gasteiger partial charge in [-0.1, -0.05) is 30.3 Å². The smallest absolute Gasteiger partial charge is 0.318 e. The van der Waals surface area contributed by atoms with Gasteiger partial charge in [-0.25, -0.2) is 4.79 Å². The molecule has 0 bridgehead atoms. The second-order valence-corrected chi connectivity index (χ2v) is 4.27. The molecule has 0 aromatic heterocycles. The molecule has 19 heavy (non-hydrogen) atoms. The summed E-state index contributed by atoms with van der Waals surface area (Å²) < 4.78 is 0. The average molecular weight is 264 g/mol. The van der Waals surface area contributed by atoms with Gasteiger partial charge >= 0.3 is 6.03 Å². The summed E-state index contributed by atoms with van der Waals surface area (Å²) in [6.07, 6.45) is 0. The highest BCUT2D eigenvalue weighted by Gasteiger charge is 2.21. The molecule has 1 aromatic rings. The monoisotopic (exact) mass is 264 g/mol. The summed E-state index contributed by atoms with van der Waals surface area (Å²) >= 11 is 0. The molecule has 104 valence electrons. The van der Waals surface area contributed by atoms with Crippen molar-refractivity contribution < 1.29 is 9.59 Å². The fourth-order valence-electron chi connectivity index (χ4n) is 1.79. The van der Waals surface area contributed by atoms with Crippen molar-refractivity contribution in [1.29, 1.82) is 0 Å². The summed E-state index contributed by atoms with van der Waals surface area (Å²) in [5.41, 5.74) is 11.6. The van der Waals surface area contributed by atoms with Crippen LogP contribution in [0.5, 0.6) is 0 Å². The maximum Gasteiger partial charge on any atom is 0.318 e. The molecule has 5 N–H and O–H groups in total. The maximum atomic E-state index is 11.8. The first kappa shape index (κ1) is 15.1. The molecule has 0 saturated heterocycles. The summed E-state index contributed by atoms with van der Waals surface area (Å²) in [7, 11) is 0. The van der Waals surface area contributed by atoms with Crippen molar-refractivity contribution in [2.75, 3.05) is 13.1 Å². The highest BCUT2D eigenvalue weighted by molar-refractivity contribution is 5.96. The van der Waals surface area contributed by atoms with Crippen LogP contribution in [0, 0.1) is 0 Å². The van der Waals surface area contributed by atoms with Crippen LogP contribution in [0.4, 0.5) is 4.79 Å². The number of hydrogen-bond acceptors (Lipinski definition) is 4. The molecule has 1 aromatic carbocycles. The van der Waals surface area contributed by atoms with Crippen molar-refractivity contribution in [1.82, 2.24) is 10.2 Å². The van der Waals surface area contributed by atoms with Crippen LogP contribution in [0.25, 0.3) is 0 Å². The van der Waals surface area contributed by atoms with E-state index in [0.29, 0.717) is 19.6 Å². The van der Waals surface area contributed by atoms with Crippen molar-refractivity contribution in [2.45, 2.75) is 19.5 Å². The third-order valence-corrected chi connectivity index (χ3v) is 2.82. The molecule has 0 aliphatic carbocycles. The largest absolute Gasteiger partial charge is 0.351 e. The van der Waals surface area contributed by atoms with E-state index in [1.807, 2.05) is 35.2 Å². The van der Waals surface area contributed by atoms with Crippen molar-refractivity contribution in [3.8, 4) is 0 Å². The van der Waals surface area contributed by atoms with Crippen LogP contribution >= 0.6 is 0 Å². The van der Waals surface area contributed by atoms with Crippen LogP contribution < -0.4 is 16.8 Å². The Labute approximate surface area is 112 Å². The van der Waals surface area contributed by atoms with Crippen LogP contribution in [0.1, 0.15) is 12.5 Å². The summed E-state index contributed by atoms with van der Waals surface area (Å²) in [6.45, 7) is 3.30. The Hall–Kier alpha value is -1.92. The van der Waals surface area contributed by atoms with Gasteiger partial charge in [0.1, 0.15) is 0 Å². The molecular weight excluding hydrogens is 244 g/mol. The number of carbonyl (C=O) groups is 2. The number of benzene rings is 1. The van der Waals surface area contributed by atoms with E-state index in [-0.39, 0.29) is 0 Å². The number of carbonyl (C=O) groups excluding carboxylic acids is 2.